The van der Waals surface area contributed by atoms with Crippen molar-refractivity contribution in [3.63, 3.8) is 0 Å². The number of aromatic nitrogens is 2. The number of fused-ring (bicyclic) bond motifs is 8. The van der Waals surface area contributed by atoms with Gasteiger partial charge >= 0.3 is 0 Å². The van der Waals surface area contributed by atoms with Crippen LogP contribution in [0.4, 0.5) is 17.1 Å². The minimum atomic E-state index is 0.717. The Morgan fingerprint density at radius 1 is 0.429 bits per heavy atom. The van der Waals surface area contributed by atoms with E-state index in [-0.39, 0.29) is 0 Å². The molecule has 0 aliphatic heterocycles. The van der Waals surface area contributed by atoms with Gasteiger partial charge in [0.1, 0.15) is 16.8 Å². The number of nitrogens with zero attached hydrogens (tertiary/aromatic N) is 3. The third-order valence-electron chi connectivity index (χ3n) is 9.53. The fourth-order valence-corrected chi connectivity index (χ4v) is 7.62. The molecule has 0 aliphatic rings. The lowest BCUT2D eigenvalue weighted by Gasteiger charge is -2.26. The summed E-state index contributed by atoms with van der Waals surface area (Å²) in [6, 6.07) is 59.5. The Hall–Kier alpha value is -6.23. The van der Waals surface area contributed by atoms with Crippen molar-refractivity contribution in [2.75, 3.05) is 4.90 Å². The number of hydrogen-bond donors (Lipinski definition) is 0. The molecule has 3 aromatic heterocycles. The number of hydrogen-bond acceptors (Lipinski definition) is 2. The van der Waals surface area contributed by atoms with E-state index in [1.165, 1.54) is 5.39 Å². The topological polar surface area (TPSA) is 26.2 Å². The van der Waals surface area contributed by atoms with Crippen molar-refractivity contribution in [3.8, 4) is 11.4 Å². The summed E-state index contributed by atoms with van der Waals surface area (Å²) in [7, 11) is 0. The third-order valence-corrected chi connectivity index (χ3v) is 9.76. The number of furan rings is 1. The summed E-state index contributed by atoms with van der Waals surface area (Å²) in [6.45, 7) is 0. The van der Waals surface area contributed by atoms with Crippen LogP contribution in [-0.2, 0) is 0 Å². The van der Waals surface area contributed by atoms with Crippen LogP contribution in [0.3, 0.4) is 0 Å². The zero-order valence-electron chi connectivity index (χ0n) is 26.3. The van der Waals surface area contributed by atoms with Crippen LogP contribution in [-0.4, -0.2) is 9.13 Å². The Labute approximate surface area is 287 Å². The maximum Gasteiger partial charge on any atom is 0.135 e. The summed E-state index contributed by atoms with van der Waals surface area (Å²) in [4.78, 5) is 2.33. The molecule has 0 saturated carbocycles. The van der Waals surface area contributed by atoms with Crippen LogP contribution in [0.25, 0.3) is 66.2 Å². The number of anilines is 3. The first-order valence-electron chi connectivity index (χ1n) is 16.4. The first kappa shape index (κ1) is 27.8. The van der Waals surface area contributed by atoms with E-state index in [9.17, 15) is 0 Å². The molecule has 4 nitrogen and oxygen atoms in total. The second-order valence-electron chi connectivity index (χ2n) is 12.4. The maximum absolute atomic E-state index is 6.69. The van der Waals surface area contributed by atoms with Crippen LogP contribution < -0.4 is 4.90 Å². The van der Waals surface area contributed by atoms with Gasteiger partial charge < -0.3 is 9.32 Å². The highest BCUT2D eigenvalue weighted by Gasteiger charge is 2.24. The van der Waals surface area contributed by atoms with Gasteiger partial charge in [-0.05, 0) is 91.0 Å². The molecule has 10 aromatic rings. The average Bonchev–Trinajstić information content (AvgIpc) is 3.80. The van der Waals surface area contributed by atoms with Crippen molar-refractivity contribution in [1.29, 1.82) is 0 Å². The van der Waals surface area contributed by atoms with Crippen molar-refractivity contribution in [3.05, 3.63) is 175 Å². The van der Waals surface area contributed by atoms with Gasteiger partial charge in [0.2, 0.25) is 0 Å². The molecule has 0 aliphatic carbocycles. The zero-order chi connectivity index (χ0) is 32.5. The quantitative estimate of drug-likeness (QED) is 0.185. The number of benzene rings is 7. The molecule has 3 heterocycles. The Balaban J connectivity index is 1.30. The van der Waals surface area contributed by atoms with E-state index in [2.05, 4.69) is 166 Å². The first-order valence-corrected chi connectivity index (χ1v) is 16.8. The van der Waals surface area contributed by atoms with Crippen LogP contribution in [0.5, 0.6) is 0 Å². The number of halogens is 1. The number of rotatable bonds is 5. The molecule has 0 unspecified atom stereocenters. The minimum absolute atomic E-state index is 0.717. The van der Waals surface area contributed by atoms with Crippen molar-refractivity contribution in [1.82, 2.24) is 9.13 Å². The van der Waals surface area contributed by atoms with Crippen molar-refractivity contribution in [2.45, 2.75) is 0 Å². The molecule has 0 bridgehead atoms. The van der Waals surface area contributed by atoms with Gasteiger partial charge in [-0.25, -0.2) is 0 Å². The van der Waals surface area contributed by atoms with Gasteiger partial charge in [0, 0.05) is 60.4 Å². The highest BCUT2D eigenvalue weighted by molar-refractivity contribution is 6.32. The van der Waals surface area contributed by atoms with Crippen LogP contribution in [0.15, 0.2) is 174 Å². The van der Waals surface area contributed by atoms with E-state index in [1.54, 1.807) is 0 Å². The molecular weight excluding hydrogens is 622 g/mol. The molecule has 232 valence electrons. The average molecular weight is 650 g/mol. The Kier molecular flexibility index (Phi) is 6.20. The molecule has 49 heavy (non-hydrogen) atoms. The lowest BCUT2D eigenvalue weighted by molar-refractivity contribution is 0.669. The van der Waals surface area contributed by atoms with E-state index in [1.807, 2.05) is 18.2 Å². The van der Waals surface area contributed by atoms with Gasteiger partial charge in [-0.3, -0.25) is 9.13 Å². The Morgan fingerprint density at radius 3 is 1.80 bits per heavy atom. The van der Waals surface area contributed by atoms with E-state index >= 15 is 0 Å². The van der Waals surface area contributed by atoms with E-state index < -0.39 is 0 Å². The lowest BCUT2D eigenvalue weighted by Crippen LogP contribution is -2.10. The standard InChI is InChI=1S/C44H28ClN3O/c45-29-20-24-39-38(26-29)43-36-23-21-34(28-40(36)48(32-16-8-3-9-17-32)44(43)47(39)31-14-6-2-7-15-31)46(30-12-4-1-5-13-30)33-22-25-42-37(27-33)35-18-10-11-19-41(35)49-42/h1-28H. The van der Waals surface area contributed by atoms with Gasteiger partial charge in [0.15, 0.2) is 0 Å². The van der Waals surface area contributed by atoms with Gasteiger partial charge in [0.25, 0.3) is 0 Å². The van der Waals surface area contributed by atoms with Gasteiger partial charge in [-0.15, -0.1) is 0 Å². The maximum atomic E-state index is 6.69. The second-order valence-corrected chi connectivity index (χ2v) is 12.8. The van der Waals surface area contributed by atoms with Crippen LogP contribution in [0.1, 0.15) is 0 Å². The predicted octanol–water partition coefficient (Wildman–Crippen LogP) is 12.8. The monoisotopic (exact) mass is 649 g/mol. The summed E-state index contributed by atoms with van der Waals surface area (Å²) in [5.74, 6) is 0. The van der Waals surface area contributed by atoms with E-state index in [0.29, 0.717) is 5.02 Å². The molecule has 5 heteroatoms. The van der Waals surface area contributed by atoms with Crippen molar-refractivity contribution >= 4 is 83.4 Å². The van der Waals surface area contributed by atoms with E-state index in [0.717, 1.165) is 77.8 Å². The molecule has 10 rings (SSSR count). The Bertz CT molecular complexity index is 2830. The van der Waals surface area contributed by atoms with Crippen molar-refractivity contribution in [2.24, 2.45) is 0 Å². The first-order chi connectivity index (χ1) is 24.2. The molecule has 0 atom stereocenters. The predicted molar refractivity (Wildman–Crippen MR) is 205 cm³/mol. The van der Waals surface area contributed by atoms with Crippen LogP contribution in [0, 0.1) is 0 Å². The van der Waals surface area contributed by atoms with Gasteiger partial charge in [-0.2, -0.15) is 0 Å². The highest BCUT2D eigenvalue weighted by Crippen LogP contribution is 2.45. The Morgan fingerprint density at radius 2 is 1.04 bits per heavy atom. The summed E-state index contributed by atoms with van der Waals surface area (Å²) >= 11 is 6.69. The fraction of sp³-hybridized carbons (Fsp3) is 0. The molecule has 0 saturated heterocycles. The van der Waals surface area contributed by atoms with E-state index in [4.69, 9.17) is 16.0 Å². The van der Waals surface area contributed by atoms with Crippen LogP contribution >= 0.6 is 11.6 Å². The molecule has 0 amide bonds. The molecule has 0 fully saturated rings. The molecule has 0 N–H and O–H groups in total. The van der Waals surface area contributed by atoms with Gasteiger partial charge in [0.05, 0.1) is 11.0 Å². The summed E-state index contributed by atoms with van der Waals surface area (Å²) in [5, 5.41) is 6.37. The summed E-state index contributed by atoms with van der Waals surface area (Å²) in [5.41, 5.74) is 10.4. The molecule has 7 aromatic carbocycles. The SMILES string of the molecule is Clc1ccc2c(c1)c1c3ccc(N(c4ccccc4)c4ccc5oc6ccccc6c5c4)cc3n(-c3ccccc3)c1n2-c1ccccc1. The normalized spacial score (nSPS) is 11.8. The third kappa shape index (κ3) is 4.31. The van der Waals surface area contributed by atoms with Crippen LogP contribution in [0.2, 0.25) is 5.02 Å². The summed E-state index contributed by atoms with van der Waals surface area (Å²) < 4.78 is 11.0. The van der Waals surface area contributed by atoms with Crippen molar-refractivity contribution < 1.29 is 4.42 Å². The number of para-hydroxylation sites is 4. The molecule has 0 radical (unpaired) electrons. The van der Waals surface area contributed by atoms with Gasteiger partial charge in [-0.1, -0.05) is 90.5 Å². The summed E-state index contributed by atoms with van der Waals surface area (Å²) in [6.07, 6.45) is 0. The highest BCUT2D eigenvalue weighted by atomic mass is 35.5. The molecular formula is C44H28ClN3O. The minimum Gasteiger partial charge on any atom is -0.456 e. The smallest absolute Gasteiger partial charge is 0.135 e. The largest absolute Gasteiger partial charge is 0.456 e. The fourth-order valence-electron chi connectivity index (χ4n) is 7.45. The zero-order valence-corrected chi connectivity index (χ0v) is 27.0. The lowest BCUT2D eigenvalue weighted by atomic mass is 10.1. The second kappa shape index (κ2) is 10.9. The molecule has 0 spiro atoms.